The van der Waals surface area contributed by atoms with Gasteiger partial charge >= 0.3 is 0 Å². The van der Waals surface area contributed by atoms with Crippen LogP contribution in [0, 0.1) is 19.3 Å². The molecular formula is C12H13NO3S. The molecular weight excluding hydrogens is 238 g/mol. The fraction of sp³-hybridized carbons (Fsp3) is 0.250. The Morgan fingerprint density at radius 3 is 2.47 bits per heavy atom. The van der Waals surface area contributed by atoms with Gasteiger partial charge in [0.15, 0.2) is 9.84 Å². The van der Waals surface area contributed by atoms with E-state index in [0.717, 1.165) is 5.56 Å². The molecule has 0 spiro atoms. The van der Waals surface area contributed by atoms with E-state index >= 15 is 0 Å². The first kappa shape index (κ1) is 13.3. The van der Waals surface area contributed by atoms with E-state index in [9.17, 15) is 13.2 Å². The van der Waals surface area contributed by atoms with Gasteiger partial charge in [0, 0.05) is 5.69 Å². The Morgan fingerprint density at radius 1 is 1.35 bits per heavy atom. The SMILES string of the molecule is C#CCS(=O)(=O)CC(=O)Nc1ccc(C)cc1. The lowest BCUT2D eigenvalue weighted by Crippen LogP contribution is -2.24. The molecule has 1 rings (SSSR count). The molecule has 0 saturated carbocycles. The van der Waals surface area contributed by atoms with Crippen molar-refractivity contribution >= 4 is 21.4 Å². The minimum atomic E-state index is -3.51. The molecule has 0 aliphatic heterocycles. The number of hydrogen-bond acceptors (Lipinski definition) is 3. The van der Waals surface area contributed by atoms with Crippen LogP contribution in [0.2, 0.25) is 0 Å². The second-order valence-corrected chi connectivity index (χ2v) is 5.72. The van der Waals surface area contributed by atoms with Crippen molar-refractivity contribution in [2.75, 3.05) is 16.8 Å². The number of aryl methyl sites for hydroxylation is 1. The molecule has 0 radical (unpaired) electrons. The number of rotatable bonds is 4. The van der Waals surface area contributed by atoms with Crippen LogP contribution in [0.15, 0.2) is 24.3 Å². The first-order valence-electron chi connectivity index (χ1n) is 4.93. The molecule has 1 aromatic carbocycles. The molecule has 0 aromatic heterocycles. The number of carbonyl (C=O) groups excluding carboxylic acids is 1. The first-order valence-corrected chi connectivity index (χ1v) is 6.75. The Bertz CT molecular complexity index is 538. The summed E-state index contributed by atoms with van der Waals surface area (Å²) in [5, 5.41) is 2.50. The molecule has 4 nitrogen and oxygen atoms in total. The lowest BCUT2D eigenvalue weighted by Gasteiger charge is -2.05. The van der Waals surface area contributed by atoms with Crippen molar-refractivity contribution in [1.29, 1.82) is 0 Å². The predicted molar refractivity (Wildman–Crippen MR) is 67.3 cm³/mol. The van der Waals surface area contributed by atoms with Gasteiger partial charge in [0.1, 0.15) is 11.5 Å². The van der Waals surface area contributed by atoms with Crippen LogP contribution in [0.1, 0.15) is 5.56 Å². The van der Waals surface area contributed by atoms with Gasteiger partial charge in [-0.2, -0.15) is 0 Å². The molecule has 0 saturated heterocycles. The zero-order valence-corrected chi connectivity index (χ0v) is 10.3. The maximum Gasteiger partial charge on any atom is 0.239 e. The highest BCUT2D eigenvalue weighted by molar-refractivity contribution is 7.92. The summed E-state index contributed by atoms with van der Waals surface area (Å²) in [6.45, 7) is 1.92. The number of carbonyl (C=O) groups is 1. The number of nitrogens with one attached hydrogen (secondary N) is 1. The van der Waals surface area contributed by atoms with Crippen molar-refractivity contribution < 1.29 is 13.2 Å². The minimum Gasteiger partial charge on any atom is -0.325 e. The van der Waals surface area contributed by atoms with E-state index in [-0.39, 0.29) is 0 Å². The smallest absolute Gasteiger partial charge is 0.239 e. The van der Waals surface area contributed by atoms with E-state index in [2.05, 4.69) is 5.32 Å². The summed E-state index contributed by atoms with van der Waals surface area (Å²) in [6.07, 6.45) is 4.90. The molecule has 0 atom stereocenters. The fourth-order valence-electron chi connectivity index (χ4n) is 1.21. The van der Waals surface area contributed by atoms with Gasteiger partial charge in [-0.25, -0.2) is 8.42 Å². The van der Waals surface area contributed by atoms with Crippen molar-refractivity contribution in [2.45, 2.75) is 6.92 Å². The quantitative estimate of drug-likeness (QED) is 0.811. The summed E-state index contributed by atoms with van der Waals surface area (Å²) < 4.78 is 22.6. The van der Waals surface area contributed by atoms with Crippen molar-refractivity contribution in [2.24, 2.45) is 0 Å². The highest BCUT2D eigenvalue weighted by atomic mass is 32.2. The lowest BCUT2D eigenvalue weighted by molar-refractivity contribution is -0.113. The molecule has 5 heteroatoms. The average Bonchev–Trinajstić information content (AvgIpc) is 2.20. The van der Waals surface area contributed by atoms with Crippen LogP contribution in [0.4, 0.5) is 5.69 Å². The summed E-state index contributed by atoms with van der Waals surface area (Å²) in [4.78, 5) is 11.4. The minimum absolute atomic E-state index is 0.422. The Hall–Kier alpha value is -1.80. The third kappa shape index (κ3) is 4.70. The van der Waals surface area contributed by atoms with Crippen molar-refractivity contribution in [3.63, 3.8) is 0 Å². The Morgan fingerprint density at radius 2 is 1.94 bits per heavy atom. The molecule has 0 unspecified atom stereocenters. The molecule has 1 aromatic rings. The number of amides is 1. The van der Waals surface area contributed by atoms with E-state index in [1.54, 1.807) is 12.1 Å². The molecule has 0 heterocycles. The maximum atomic E-state index is 11.4. The molecule has 0 fully saturated rings. The normalized spacial score (nSPS) is 10.6. The number of sulfone groups is 1. The standard InChI is InChI=1S/C12H13NO3S/c1-3-8-17(15,16)9-12(14)13-11-6-4-10(2)5-7-11/h1,4-7H,8-9H2,2H3,(H,13,14). The van der Waals surface area contributed by atoms with Crippen LogP contribution < -0.4 is 5.32 Å². The van der Waals surface area contributed by atoms with Crippen LogP contribution in [0.25, 0.3) is 0 Å². The topological polar surface area (TPSA) is 63.2 Å². The molecule has 0 bridgehead atoms. The summed E-state index contributed by atoms with van der Waals surface area (Å²) in [6, 6.07) is 7.07. The van der Waals surface area contributed by atoms with Crippen molar-refractivity contribution in [3.8, 4) is 12.3 Å². The van der Waals surface area contributed by atoms with Gasteiger partial charge in [-0.15, -0.1) is 6.42 Å². The highest BCUT2D eigenvalue weighted by Gasteiger charge is 2.15. The third-order valence-corrected chi connectivity index (χ3v) is 3.30. The number of benzene rings is 1. The molecule has 0 aliphatic carbocycles. The van der Waals surface area contributed by atoms with Crippen molar-refractivity contribution in [1.82, 2.24) is 0 Å². The third-order valence-electron chi connectivity index (χ3n) is 1.99. The summed E-state index contributed by atoms with van der Waals surface area (Å²) >= 11 is 0. The lowest BCUT2D eigenvalue weighted by atomic mass is 10.2. The highest BCUT2D eigenvalue weighted by Crippen LogP contribution is 2.08. The van der Waals surface area contributed by atoms with Gasteiger partial charge in [-0.3, -0.25) is 4.79 Å². The van der Waals surface area contributed by atoms with E-state index < -0.39 is 27.3 Å². The van der Waals surface area contributed by atoms with Crippen molar-refractivity contribution in [3.05, 3.63) is 29.8 Å². The largest absolute Gasteiger partial charge is 0.325 e. The second kappa shape index (κ2) is 5.51. The predicted octanol–water partition coefficient (Wildman–Crippen LogP) is 0.982. The Balaban J connectivity index is 2.62. The van der Waals surface area contributed by atoms with Gasteiger partial charge in [0.2, 0.25) is 5.91 Å². The van der Waals surface area contributed by atoms with Crippen LogP contribution in [0.5, 0.6) is 0 Å². The number of hydrogen-bond donors (Lipinski definition) is 1. The van der Waals surface area contributed by atoms with Gasteiger partial charge in [-0.1, -0.05) is 23.6 Å². The van der Waals surface area contributed by atoms with Gasteiger partial charge in [0.05, 0.1) is 0 Å². The Labute approximate surface area is 101 Å². The van der Waals surface area contributed by atoms with Crippen LogP contribution in [0.3, 0.4) is 0 Å². The first-order chi connectivity index (χ1) is 7.93. The summed E-state index contributed by atoms with van der Waals surface area (Å²) in [7, 11) is -3.51. The van der Waals surface area contributed by atoms with Gasteiger partial charge < -0.3 is 5.32 Å². The molecule has 1 N–H and O–H groups in total. The average molecular weight is 251 g/mol. The van der Waals surface area contributed by atoms with Crippen LogP contribution >= 0.6 is 0 Å². The summed E-state index contributed by atoms with van der Waals surface area (Å²) in [5.74, 6) is 0.423. The van der Waals surface area contributed by atoms with E-state index in [1.165, 1.54) is 0 Å². The van der Waals surface area contributed by atoms with Gasteiger partial charge in [0.25, 0.3) is 0 Å². The van der Waals surface area contributed by atoms with E-state index in [4.69, 9.17) is 6.42 Å². The fourth-order valence-corrected chi connectivity index (χ4v) is 2.04. The zero-order valence-electron chi connectivity index (χ0n) is 9.43. The Kier molecular flexibility index (Phi) is 4.30. The molecule has 1 amide bonds. The monoisotopic (exact) mass is 251 g/mol. The maximum absolute atomic E-state index is 11.4. The zero-order chi connectivity index (χ0) is 12.9. The molecule has 0 aliphatic rings. The van der Waals surface area contributed by atoms with Crippen LogP contribution in [-0.4, -0.2) is 25.8 Å². The van der Waals surface area contributed by atoms with E-state index in [0.29, 0.717) is 5.69 Å². The number of anilines is 1. The molecule has 90 valence electrons. The van der Waals surface area contributed by atoms with E-state index in [1.807, 2.05) is 25.0 Å². The number of terminal acetylenes is 1. The summed E-state index contributed by atoms with van der Waals surface area (Å²) in [5.41, 5.74) is 1.62. The second-order valence-electron chi connectivity index (χ2n) is 3.65. The molecule has 17 heavy (non-hydrogen) atoms. The van der Waals surface area contributed by atoms with Crippen LogP contribution in [-0.2, 0) is 14.6 Å². The van der Waals surface area contributed by atoms with Gasteiger partial charge in [-0.05, 0) is 19.1 Å².